The highest BCUT2D eigenvalue weighted by atomic mass is 16.5. The molecule has 0 radical (unpaired) electrons. The number of pyridine rings is 1. The zero-order valence-electron chi connectivity index (χ0n) is 32.4. The Bertz CT molecular complexity index is 1430. The van der Waals surface area contributed by atoms with Gasteiger partial charge in [-0.1, -0.05) is 113 Å². The SMILES string of the molecule is CCC(C)(C)CC(=O)OCC(C)(C)C.CCCCc1nc2c([nH]1)c(N)nc1cc(CCCCCN(C)CC(C)(C)CC3CCC3)ccc12. The van der Waals surface area contributed by atoms with Gasteiger partial charge in [-0.25, -0.2) is 9.97 Å². The van der Waals surface area contributed by atoms with E-state index in [1.807, 2.05) is 0 Å². The number of esters is 1. The number of carbonyl (C=O) groups is 1. The summed E-state index contributed by atoms with van der Waals surface area (Å²) < 4.78 is 5.21. The highest BCUT2D eigenvalue weighted by Crippen LogP contribution is 2.37. The number of hydrogen-bond donors (Lipinski definition) is 2. The number of H-pyrrole nitrogens is 1. The van der Waals surface area contributed by atoms with Gasteiger partial charge >= 0.3 is 5.97 Å². The van der Waals surface area contributed by atoms with Crippen LogP contribution in [0.15, 0.2) is 18.2 Å². The molecule has 2 heterocycles. The minimum atomic E-state index is -0.0771. The van der Waals surface area contributed by atoms with Gasteiger partial charge in [0.2, 0.25) is 0 Å². The molecule has 0 bridgehead atoms. The molecule has 0 aliphatic heterocycles. The van der Waals surface area contributed by atoms with E-state index in [4.69, 9.17) is 20.4 Å². The maximum absolute atomic E-state index is 11.4. The van der Waals surface area contributed by atoms with E-state index in [0.717, 1.165) is 65.8 Å². The molecule has 7 heteroatoms. The van der Waals surface area contributed by atoms with Crippen LogP contribution in [0.2, 0.25) is 0 Å². The molecule has 1 saturated carbocycles. The van der Waals surface area contributed by atoms with Crippen LogP contribution in [0.25, 0.3) is 21.9 Å². The number of nitrogen functional groups attached to an aromatic ring is 1. The summed E-state index contributed by atoms with van der Waals surface area (Å²) in [6.45, 7) is 22.5. The number of ether oxygens (including phenoxy) is 1. The van der Waals surface area contributed by atoms with Crippen molar-refractivity contribution in [3.63, 3.8) is 0 Å². The summed E-state index contributed by atoms with van der Waals surface area (Å²) in [6, 6.07) is 6.64. The molecule has 2 aromatic heterocycles. The summed E-state index contributed by atoms with van der Waals surface area (Å²) in [6.07, 6.45) is 15.3. The lowest BCUT2D eigenvalue weighted by Crippen LogP contribution is -2.34. The number of aromatic nitrogens is 3. The maximum atomic E-state index is 11.4. The van der Waals surface area contributed by atoms with Crippen molar-refractivity contribution in [3.8, 4) is 0 Å². The largest absolute Gasteiger partial charge is 0.465 e. The average Bonchev–Trinajstić information content (AvgIpc) is 3.41. The van der Waals surface area contributed by atoms with Crippen LogP contribution in [0.1, 0.15) is 144 Å². The quantitative estimate of drug-likeness (QED) is 0.110. The number of carbonyl (C=O) groups excluding carboxylic acids is 1. The van der Waals surface area contributed by atoms with Crippen molar-refractivity contribution in [2.75, 3.05) is 32.5 Å². The first kappa shape index (κ1) is 39.8. The second-order valence-corrected chi connectivity index (χ2v) is 17.5. The highest BCUT2D eigenvalue weighted by molar-refractivity contribution is 6.06. The van der Waals surface area contributed by atoms with Gasteiger partial charge in [0.15, 0.2) is 0 Å². The fourth-order valence-corrected chi connectivity index (χ4v) is 6.58. The second-order valence-electron chi connectivity index (χ2n) is 17.5. The van der Waals surface area contributed by atoms with Gasteiger partial charge in [-0.05, 0) is 79.5 Å². The van der Waals surface area contributed by atoms with Gasteiger partial charge < -0.3 is 20.4 Å². The second kappa shape index (κ2) is 17.8. The molecule has 1 aliphatic carbocycles. The number of unbranched alkanes of at least 4 members (excludes halogenated alkanes) is 3. The van der Waals surface area contributed by atoms with E-state index in [1.165, 1.54) is 63.6 Å². The number of fused-ring (bicyclic) bond motifs is 3. The Morgan fingerprint density at radius 1 is 0.979 bits per heavy atom. The number of benzene rings is 1. The third-order valence-electron chi connectivity index (χ3n) is 9.85. The molecule has 0 atom stereocenters. The molecule has 3 N–H and O–H groups in total. The van der Waals surface area contributed by atoms with Crippen molar-refractivity contribution in [2.45, 2.75) is 146 Å². The topological polar surface area (TPSA) is 97.1 Å². The third-order valence-corrected chi connectivity index (χ3v) is 9.85. The van der Waals surface area contributed by atoms with Crippen LogP contribution in [-0.2, 0) is 22.4 Å². The Balaban J connectivity index is 0.000000378. The molecular weight excluding hydrogens is 594 g/mol. The summed E-state index contributed by atoms with van der Waals surface area (Å²) >= 11 is 0. The maximum Gasteiger partial charge on any atom is 0.306 e. The molecule has 48 heavy (non-hydrogen) atoms. The molecule has 1 aliphatic rings. The van der Waals surface area contributed by atoms with E-state index >= 15 is 0 Å². The van der Waals surface area contributed by atoms with Crippen molar-refractivity contribution in [2.24, 2.45) is 22.2 Å². The molecule has 0 amide bonds. The van der Waals surface area contributed by atoms with Crippen molar-refractivity contribution in [3.05, 3.63) is 29.6 Å². The Kier molecular flexibility index (Phi) is 14.8. The summed E-state index contributed by atoms with van der Waals surface area (Å²) in [5, 5.41) is 1.10. The molecule has 4 rings (SSSR count). The van der Waals surface area contributed by atoms with Gasteiger partial charge in [0.25, 0.3) is 0 Å². The van der Waals surface area contributed by atoms with Gasteiger partial charge in [0, 0.05) is 18.4 Å². The Morgan fingerprint density at radius 3 is 2.33 bits per heavy atom. The summed E-state index contributed by atoms with van der Waals surface area (Å²) in [5.74, 6) is 2.48. The monoisotopic (exact) mass is 664 g/mol. The summed E-state index contributed by atoms with van der Waals surface area (Å²) in [7, 11) is 2.30. The van der Waals surface area contributed by atoms with Crippen LogP contribution in [0.4, 0.5) is 5.82 Å². The number of nitrogens with zero attached hydrogens (tertiary/aromatic N) is 3. The molecule has 1 fully saturated rings. The van der Waals surface area contributed by atoms with Gasteiger partial charge in [-0.15, -0.1) is 0 Å². The molecule has 3 aromatic rings. The normalized spacial score (nSPS) is 14.3. The predicted molar refractivity (Wildman–Crippen MR) is 204 cm³/mol. The smallest absolute Gasteiger partial charge is 0.306 e. The Hall–Kier alpha value is -2.67. The van der Waals surface area contributed by atoms with Crippen LogP contribution in [0.5, 0.6) is 0 Å². The zero-order valence-corrected chi connectivity index (χ0v) is 32.4. The van der Waals surface area contributed by atoms with Crippen molar-refractivity contribution < 1.29 is 9.53 Å². The molecule has 270 valence electrons. The van der Waals surface area contributed by atoms with Crippen LogP contribution >= 0.6 is 0 Å². The zero-order chi connectivity index (χ0) is 35.5. The first-order valence-electron chi connectivity index (χ1n) is 18.9. The minimum absolute atomic E-state index is 0.0615. The molecule has 0 unspecified atom stereocenters. The van der Waals surface area contributed by atoms with Crippen LogP contribution in [-0.4, -0.2) is 52.6 Å². The number of hydrogen-bond acceptors (Lipinski definition) is 6. The predicted octanol–water partition coefficient (Wildman–Crippen LogP) is 10.3. The van der Waals surface area contributed by atoms with Crippen LogP contribution in [0, 0.1) is 22.2 Å². The van der Waals surface area contributed by atoms with Crippen molar-refractivity contribution in [1.82, 2.24) is 19.9 Å². The molecule has 0 saturated heterocycles. The van der Waals surface area contributed by atoms with E-state index in [0.29, 0.717) is 24.3 Å². The number of aromatic amines is 1. The van der Waals surface area contributed by atoms with Crippen LogP contribution in [0.3, 0.4) is 0 Å². The van der Waals surface area contributed by atoms with Gasteiger partial charge in [-0.3, -0.25) is 4.79 Å². The van der Waals surface area contributed by atoms with E-state index < -0.39 is 0 Å². The van der Waals surface area contributed by atoms with Crippen molar-refractivity contribution in [1.29, 1.82) is 0 Å². The lowest BCUT2D eigenvalue weighted by Gasteiger charge is -2.37. The first-order valence-corrected chi connectivity index (χ1v) is 18.9. The number of rotatable bonds is 17. The van der Waals surface area contributed by atoms with E-state index in [2.05, 4.69) is 97.4 Å². The summed E-state index contributed by atoms with van der Waals surface area (Å²) in [5.41, 5.74) is 11.0. The third kappa shape index (κ3) is 13.3. The number of aryl methyl sites for hydroxylation is 2. The fourth-order valence-electron chi connectivity index (χ4n) is 6.58. The Morgan fingerprint density at radius 2 is 1.71 bits per heavy atom. The minimum Gasteiger partial charge on any atom is -0.465 e. The molecule has 0 spiro atoms. The molecule has 1 aromatic carbocycles. The molecule has 7 nitrogen and oxygen atoms in total. The van der Waals surface area contributed by atoms with E-state index in [9.17, 15) is 4.79 Å². The number of imidazole rings is 1. The lowest BCUT2D eigenvalue weighted by atomic mass is 9.73. The van der Waals surface area contributed by atoms with E-state index in [1.54, 1.807) is 0 Å². The fraction of sp³-hybridized carbons (Fsp3) is 0.732. The number of nitrogens with one attached hydrogen (secondary N) is 1. The lowest BCUT2D eigenvalue weighted by molar-refractivity contribution is -0.148. The number of anilines is 1. The Labute approximate surface area is 292 Å². The van der Waals surface area contributed by atoms with Gasteiger partial charge in [0.1, 0.15) is 22.7 Å². The van der Waals surface area contributed by atoms with Crippen molar-refractivity contribution >= 4 is 33.7 Å². The van der Waals surface area contributed by atoms with E-state index in [-0.39, 0.29) is 16.8 Å². The first-order chi connectivity index (χ1) is 22.5. The standard InChI is InChI=1S/C29H45N5.C12H24O2/c1-5-6-14-25-32-26-23-16-15-21(18-24(23)31-28(30)27(26)33-25)11-8-7-9-17-34(4)20-29(2,3)19-22-12-10-13-22;1-7-12(5,6)8-10(13)14-9-11(2,3)4/h15-16,18,22H,5-14,17,19-20H2,1-4H3,(H2,30,31)(H,32,33);7-9H2,1-6H3. The van der Waals surface area contributed by atoms with Gasteiger partial charge in [0.05, 0.1) is 18.5 Å². The van der Waals surface area contributed by atoms with Gasteiger partial charge in [-0.2, -0.15) is 0 Å². The highest BCUT2D eigenvalue weighted by Gasteiger charge is 2.28. The molecular formula is C41H69N5O2. The number of nitrogens with two attached hydrogens (primary N) is 1. The average molecular weight is 664 g/mol. The summed E-state index contributed by atoms with van der Waals surface area (Å²) in [4.78, 5) is 26.9. The van der Waals surface area contributed by atoms with Crippen LogP contribution < -0.4 is 5.73 Å².